The van der Waals surface area contributed by atoms with E-state index in [1.807, 2.05) is 0 Å². The van der Waals surface area contributed by atoms with E-state index in [9.17, 15) is 0 Å². The summed E-state index contributed by atoms with van der Waals surface area (Å²) in [5.74, 6) is 0. The first-order chi connectivity index (χ1) is 11.2. The van der Waals surface area contributed by atoms with Gasteiger partial charge in [-0.15, -0.1) is 0 Å². The molecule has 0 saturated carbocycles. The van der Waals surface area contributed by atoms with Crippen molar-refractivity contribution in [2.45, 2.75) is 52.9 Å². The zero-order valence-corrected chi connectivity index (χ0v) is 17.4. The average Bonchev–Trinajstić information content (AvgIpc) is 2.66. The van der Waals surface area contributed by atoms with Gasteiger partial charge in [0.1, 0.15) is 0 Å². The maximum atomic E-state index is 7.71. The van der Waals surface area contributed by atoms with Gasteiger partial charge < -0.3 is 18.9 Å². The maximum absolute atomic E-state index is 7.71. The van der Waals surface area contributed by atoms with E-state index in [4.69, 9.17) is 21.0 Å². The van der Waals surface area contributed by atoms with Crippen LogP contribution in [-0.4, -0.2) is 74.6 Å². The van der Waals surface area contributed by atoms with Crippen LogP contribution in [0.2, 0.25) is 0 Å². The molecule has 0 heterocycles. The molecule has 4 unspecified atom stereocenters. The van der Waals surface area contributed by atoms with Crippen molar-refractivity contribution >= 4 is 0 Å². The zero-order valence-electron chi connectivity index (χ0n) is 15.9. The first-order valence-electron chi connectivity index (χ1n) is 6.56. The Morgan fingerprint density at radius 2 is 0.560 bits per heavy atom. The summed E-state index contributed by atoms with van der Waals surface area (Å²) >= 11 is 0. The fourth-order valence-corrected chi connectivity index (χ4v) is 0.172. The SMILES string of the molecule is COC(C)OO.COC(C)OO.COC(C)OO.COC(C)OO.[Ti]. The van der Waals surface area contributed by atoms with E-state index in [0.717, 1.165) is 0 Å². The van der Waals surface area contributed by atoms with Crippen LogP contribution in [0.4, 0.5) is 0 Å². The summed E-state index contributed by atoms with van der Waals surface area (Å²) in [4.78, 5) is 14.7. The van der Waals surface area contributed by atoms with Crippen molar-refractivity contribution in [1.29, 1.82) is 0 Å². The number of methoxy groups -OCH3 is 4. The molecule has 0 amide bonds. The van der Waals surface area contributed by atoms with Crippen molar-refractivity contribution in [3.63, 3.8) is 0 Å². The molecule has 0 rings (SSSR count). The van der Waals surface area contributed by atoms with E-state index in [2.05, 4.69) is 38.5 Å². The summed E-state index contributed by atoms with van der Waals surface area (Å²) < 4.78 is 17.7. The molecule has 0 fully saturated rings. The second-order valence-electron chi connectivity index (χ2n) is 3.63. The smallest absolute Gasteiger partial charge is 0.187 e. The van der Waals surface area contributed by atoms with E-state index in [-0.39, 0.29) is 21.7 Å². The molecule has 0 bridgehead atoms. The second-order valence-corrected chi connectivity index (χ2v) is 3.63. The third kappa shape index (κ3) is 45.5. The number of hydrogen-bond acceptors (Lipinski definition) is 12. The summed E-state index contributed by atoms with van der Waals surface area (Å²) in [5, 5.41) is 30.8. The molecular formula is C12H32O12Ti. The van der Waals surface area contributed by atoms with Crippen molar-refractivity contribution in [1.82, 2.24) is 0 Å². The molecule has 4 N–H and O–H groups in total. The molecule has 0 aromatic heterocycles. The Balaban J connectivity index is -0.0000000702. The molecule has 0 aliphatic carbocycles. The largest absolute Gasteiger partial charge is 0.353 e. The van der Waals surface area contributed by atoms with Crippen LogP contribution in [0.5, 0.6) is 0 Å². The van der Waals surface area contributed by atoms with Gasteiger partial charge in [-0.25, -0.2) is 40.6 Å². The Morgan fingerprint density at radius 3 is 0.560 bits per heavy atom. The van der Waals surface area contributed by atoms with Gasteiger partial charge in [-0.2, -0.15) is 0 Å². The van der Waals surface area contributed by atoms with Crippen LogP contribution in [0.25, 0.3) is 0 Å². The van der Waals surface area contributed by atoms with Gasteiger partial charge in [0.2, 0.25) is 0 Å². The molecule has 13 heteroatoms. The molecule has 0 spiro atoms. The van der Waals surface area contributed by atoms with Gasteiger partial charge in [0.05, 0.1) is 0 Å². The Labute approximate surface area is 163 Å². The predicted octanol–water partition coefficient (Wildman–Crippen LogP) is 1.87. The number of hydrogen-bond donors (Lipinski definition) is 4. The molecule has 0 saturated heterocycles. The van der Waals surface area contributed by atoms with Gasteiger partial charge in [0.15, 0.2) is 25.2 Å². The van der Waals surface area contributed by atoms with Crippen LogP contribution < -0.4 is 0 Å². The molecule has 12 nitrogen and oxygen atoms in total. The van der Waals surface area contributed by atoms with Gasteiger partial charge in [0.25, 0.3) is 0 Å². The van der Waals surface area contributed by atoms with Crippen LogP contribution in [0.15, 0.2) is 0 Å². The first-order valence-corrected chi connectivity index (χ1v) is 6.56. The Kier molecular flexibility index (Phi) is 46.3. The van der Waals surface area contributed by atoms with Crippen LogP contribution in [0, 0.1) is 0 Å². The minimum atomic E-state index is -0.509. The van der Waals surface area contributed by atoms with Crippen LogP contribution in [-0.2, 0) is 60.2 Å². The van der Waals surface area contributed by atoms with Crippen LogP contribution >= 0.6 is 0 Å². The Hall–Kier alpha value is 0.234. The van der Waals surface area contributed by atoms with E-state index in [0.29, 0.717) is 0 Å². The standard InChI is InChI=1S/4C3H8O3.Ti/c4*1-3(5-2)6-4;/h4*3-4H,1-2H3;. The quantitative estimate of drug-likeness (QED) is 0.198. The number of rotatable bonds is 8. The van der Waals surface area contributed by atoms with Gasteiger partial charge in [0, 0.05) is 50.2 Å². The average molecular weight is 416 g/mol. The molecule has 0 aliphatic heterocycles. The van der Waals surface area contributed by atoms with E-state index >= 15 is 0 Å². The molecule has 156 valence electrons. The molecule has 0 aromatic rings. The summed E-state index contributed by atoms with van der Waals surface area (Å²) in [6.45, 7) is 6.33. The fourth-order valence-electron chi connectivity index (χ4n) is 0.172. The van der Waals surface area contributed by atoms with Crippen molar-refractivity contribution in [3.05, 3.63) is 0 Å². The van der Waals surface area contributed by atoms with Gasteiger partial charge in [-0.3, -0.25) is 0 Å². The Morgan fingerprint density at radius 1 is 0.440 bits per heavy atom. The number of ether oxygens (including phenoxy) is 4. The third-order valence-corrected chi connectivity index (χ3v) is 1.92. The summed E-state index contributed by atoms with van der Waals surface area (Å²) in [6.07, 6.45) is -2.04. The Bertz CT molecular complexity index is 147. The maximum Gasteiger partial charge on any atom is 0.187 e. The predicted molar refractivity (Wildman–Crippen MR) is 80.7 cm³/mol. The van der Waals surface area contributed by atoms with Gasteiger partial charge in [-0.1, -0.05) is 0 Å². The summed E-state index contributed by atoms with van der Waals surface area (Å²) in [5.41, 5.74) is 0. The van der Waals surface area contributed by atoms with Gasteiger partial charge >= 0.3 is 0 Å². The van der Waals surface area contributed by atoms with Crippen LogP contribution in [0.3, 0.4) is 0 Å². The molecule has 25 heavy (non-hydrogen) atoms. The van der Waals surface area contributed by atoms with Gasteiger partial charge in [-0.05, 0) is 27.7 Å². The molecular weight excluding hydrogens is 384 g/mol. The minimum Gasteiger partial charge on any atom is -0.353 e. The minimum absolute atomic E-state index is 0. The summed E-state index contributed by atoms with van der Waals surface area (Å²) in [6, 6.07) is 0. The molecule has 0 radical (unpaired) electrons. The van der Waals surface area contributed by atoms with Crippen molar-refractivity contribution in [2.24, 2.45) is 0 Å². The monoisotopic (exact) mass is 416 g/mol. The summed E-state index contributed by atoms with van der Waals surface area (Å²) in [7, 11) is 5.78. The van der Waals surface area contributed by atoms with E-state index < -0.39 is 25.2 Å². The fraction of sp³-hybridized carbons (Fsp3) is 1.00. The van der Waals surface area contributed by atoms with Crippen molar-refractivity contribution in [3.8, 4) is 0 Å². The van der Waals surface area contributed by atoms with E-state index in [1.165, 1.54) is 28.4 Å². The normalized spacial score (nSPS) is 13.9. The van der Waals surface area contributed by atoms with Crippen molar-refractivity contribution in [2.75, 3.05) is 28.4 Å². The zero-order chi connectivity index (χ0) is 20.0. The topological polar surface area (TPSA) is 155 Å². The van der Waals surface area contributed by atoms with Crippen molar-refractivity contribution < 1.29 is 81.2 Å². The second kappa shape index (κ2) is 32.0. The van der Waals surface area contributed by atoms with E-state index in [1.54, 1.807) is 27.7 Å². The molecule has 0 aliphatic rings. The first kappa shape index (κ1) is 36.2. The molecule has 0 aromatic carbocycles. The third-order valence-electron chi connectivity index (χ3n) is 1.92. The molecule has 4 atom stereocenters. The van der Waals surface area contributed by atoms with Crippen LogP contribution in [0.1, 0.15) is 27.7 Å².